The molecular formula is C9H18N4O2Y. The molecule has 16 heavy (non-hydrogen) atoms. The van der Waals surface area contributed by atoms with Crippen LogP contribution in [0.2, 0.25) is 0 Å². The van der Waals surface area contributed by atoms with Crippen molar-refractivity contribution in [3.05, 3.63) is 20.8 Å². The fourth-order valence-corrected chi connectivity index (χ4v) is 1.05. The van der Waals surface area contributed by atoms with Gasteiger partial charge in [0, 0.05) is 48.2 Å². The first-order valence-electron chi connectivity index (χ1n) is 4.53. The van der Waals surface area contributed by atoms with Crippen molar-refractivity contribution >= 4 is 18.2 Å². The molecule has 0 atom stereocenters. The summed E-state index contributed by atoms with van der Waals surface area (Å²) in [4.78, 5) is 26.1. The molecule has 0 unspecified atom stereocenters. The van der Waals surface area contributed by atoms with Crippen molar-refractivity contribution < 1.29 is 34.1 Å². The molecule has 1 rings (SSSR count). The van der Waals surface area contributed by atoms with Gasteiger partial charge in [-0.1, -0.05) is 13.8 Å². The van der Waals surface area contributed by atoms with E-state index in [2.05, 4.69) is 11.7 Å². The van der Waals surface area contributed by atoms with Crippen LogP contribution in [-0.4, -0.2) is 15.9 Å². The van der Waals surface area contributed by atoms with E-state index in [9.17, 15) is 9.59 Å². The third-order valence-electron chi connectivity index (χ3n) is 1.82. The Hall–Kier alpha value is -0.746. The minimum atomic E-state index is -0.550. The molecule has 1 heterocycles. The Labute approximate surface area is 121 Å². The van der Waals surface area contributed by atoms with Crippen LogP contribution >= 0.6 is 0 Å². The summed E-state index contributed by atoms with van der Waals surface area (Å²) in [6.07, 6.45) is 0. The number of anilines is 1. The normalized spacial score (nSPS) is 8.50. The van der Waals surface area contributed by atoms with Gasteiger partial charge in [0.15, 0.2) is 5.82 Å². The molecular weight excluding hydrogens is 285 g/mol. The third kappa shape index (κ3) is 3.12. The Morgan fingerprint density at radius 2 is 1.69 bits per heavy atom. The smallest absolute Gasteiger partial charge is 0.332 e. The SMILES string of the molecule is C=Nc1c(N)c(=O)n(C)c(=O)n1C.CC.[HH].[Y]. The average molecular weight is 303 g/mol. The van der Waals surface area contributed by atoms with Gasteiger partial charge < -0.3 is 5.73 Å². The van der Waals surface area contributed by atoms with Gasteiger partial charge in [0.25, 0.3) is 5.56 Å². The first-order valence-corrected chi connectivity index (χ1v) is 4.53. The van der Waals surface area contributed by atoms with Crippen LogP contribution in [0.15, 0.2) is 14.6 Å². The van der Waals surface area contributed by atoms with Crippen molar-refractivity contribution in [2.24, 2.45) is 19.1 Å². The van der Waals surface area contributed by atoms with E-state index in [1.807, 2.05) is 13.8 Å². The first kappa shape index (κ1) is 17.6. The molecule has 1 aromatic rings. The topological polar surface area (TPSA) is 82.4 Å². The Balaban J connectivity index is -0.000000464. The van der Waals surface area contributed by atoms with E-state index in [0.29, 0.717) is 0 Å². The second-order valence-corrected chi connectivity index (χ2v) is 2.60. The largest absolute Gasteiger partial charge is 0.391 e. The summed E-state index contributed by atoms with van der Waals surface area (Å²) in [6, 6.07) is 0. The molecule has 0 aliphatic heterocycles. The van der Waals surface area contributed by atoms with Gasteiger partial charge in [0.05, 0.1) is 0 Å². The van der Waals surface area contributed by atoms with Crippen LogP contribution in [0.4, 0.5) is 11.5 Å². The summed E-state index contributed by atoms with van der Waals surface area (Å²) >= 11 is 0. The summed E-state index contributed by atoms with van der Waals surface area (Å²) in [5, 5.41) is 0. The predicted octanol–water partition coefficient (Wildman–Crippen LogP) is 0.268. The molecule has 2 N–H and O–H groups in total. The van der Waals surface area contributed by atoms with Gasteiger partial charge in [-0.15, -0.1) is 0 Å². The van der Waals surface area contributed by atoms with Crippen LogP contribution in [0.1, 0.15) is 15.3 Å². The summed E-state index contributed by atoms with van der Waals surface area (Å²) in [5.41, 5.74) is 4.35. The summed E-state index contributed by atoms with van der Waals surface area (Å²) in [5.74, 6) is 0.105. The quantitative estimate of drug-likeness (QED) is 0.756. The summed E-state index contributed by atoms with van der Waals surface area (Å²) in [7, 11) is 2.83. The molecule has 0 amide bonds. The zero-order chi connectivity index (χ0) is 12.2. The Bertz CT molecular complexity index is 444. The molecule has 7 heteroatoms. The molecule has 0 aliphatic carbocycles. The molecule has 0 bridgehead atoms. The minimum absolute atomic E-state index is 0. The maximum atomic E-state index is 11.3. The number of nitrogens with zero attached hydrogens (tertiary/aromatic N) is 3. The molecule has 0 saturated heterocycles. The molecule has 0 aromatic carbocycles. The van der Waals surface area contributed by atoms with Crippen molar-refractivity contribution in [1.29, 1.82) is 0 Å². The van der Waals surface area contributed by atoms with E-state index in [-0.39, 0.29) is 45.6 Å². The van der Waals surface area contributed by atoms with E-state index in [4.69, 9.17) is 5.73 Å². The molecule has 0 aliphatic rings. The van der Waals surface area contributed by atoms with Gasteiger partial charge >= 0.3 is 5.69 Å². The zero-order valence-electron chi connectivity index (χ0n) is 10.0. The Morgan fingerprint density at radius 1 is 1.25 bits per heavy atom. The predicted molar refractivity (Wildman–Crippen MR) is 64.0 cm³/mol. The zero-order valence-corrected chi connectivity index (χ0v) is 12.9. The molecule has 6 nitrogen and oxygen atoms in total. The number of rotatable bonds is 1. The van der Waals surface area contributed by atoms with Gasteiger partial charge in [-0.25, -0.2) is 9.79 Å². The monoisotopic (exact) mass is 303 g/mol. The number of nitrogen functional groups attached to an aromatic ring is 1. The standard InChI is InChI=1S/C7H10N4O2.C2H6.Y.H2/c1-9-5-4(8)6(12)11(3)7(13)10(5)2;1-2;;/h1,8H2,2-3H3;1-2H3;;1H. The second-order valence-electron chi connectivity index (χ2n) is 2.60. The number of aromatic nitrogens is 2. The van der Waals surface area contributed by atoms with Gasteiger partial charge in [-0.3, -0.25) is 13.9 Å². The number of nitrogens with two attached hydrogens (primary N) is 1. The minimum Gasteiger partial charge on any atom is -0.391 e. The number of aliphatic imine (C=N–C) groups is 1. The molecule has 89 valence electrons. The van der Waals surface area contributed by atoms with E-state index in [0.717, 1.165) is 4.57 Å². The van der Waals surface area contributed by atoms with Crippen molar-refractivity contribution in [2.75, 3.05) is 5.73 Å². The molecule has 1 radical (unpaired) electrons. The van der Waals surface area contributed by atoms with Gasteiger partial charge in [0.2, 0.25) is 0 Å². The Kier molecular flexibility index (Phi) is 8.29. The second kappa shape index (κ2) is 7.51. The van der Waals surface area contributed by atoms with E-state index in [1.165, 1.54) is 18.7 Å². The molecule has 0 fully saturated rings. The van der Waals surface area contributed by atoms with Crippen molar-refractivity contribution in [2.45, 2.75) is 13.8 Å². The maximum Gasteiger partial charge on any atom is 0.332 e. The van der Waals surface area contributed by atoms with Gasteiger partial charge in [0.1, 0.15) is 5.69 Å². The van der Waals surface area contributed by atoms with Gasteiger partial charge in [-0.2, -0.15) is 0 Å². The fraction of sp³-hybridized carbons (Fsp3) is 0.444. The van der Waals surface area contributed by atoms with Gasteiger partial charge in [-0.05, 0) is 6.72 Å². The maximum absolute atomic E-state index is 11.3. The van der Waals surface area contributed by atoms with Crippen molar-refractivity contribution in [3.8, 4) is 0 Å². The Morgan fingerprint density at radius 3 is 2.06 bits per heavy atom. The summed E-state index contributed by atoms with van der Waals surface area (Å²) in [6.45, 7) is 7.23. The molecule has 0 spiro atoms. The third-order valence-corrected chi connectivity index (χ3v) is 1.82. The van der Waals surface area contributed by atoms with Crippen LogP contribution in [0.3, 0.4) is 0 Å². The van der Waals surface area contributed by atoms with Crippen LogP contribution in [0.5, 0.6) is 0 Å². The molecule has 0 saturated carbocycles. The average Bonchev–Trinajstić information content (AvgIpc) is 2.27. The van der Waals surface area contributed by atoms with E-state index < -0.39 is 11.2 Å². The van der Waals surface area contributed by atoms with Crippen LogP contribution in [0, 0.1) is 0 Å². The van der Waals surface area contributed by atoms with E-state index in [1.54, 1.807) is 0 Å². The summed E-state index contributed by atoms with van der Waals surface area (Å²) < 4.78 is 2.09. The van der Waals surface area contributed by atoms with Crippen LogP contribution in [0.25, 0.3) is 0 Å². The number of hydrogen-bond acceptors (Lipinski definition) is 4. The van der Waals surface area contributed by atoms with E-state index >= 15 is 0 Å². The van der Waals surface area contributed by atoms with Crippen LogP contribution in [-0.2, 0) is 46.8 Å². The first-order chi connectivity index (χ1) is 7.00. The number of hydrogen-bond donors (Lipinski definition) is 1. The molecule has 1 aromatic heterocycles. The van der Waals surface area contributed by atoms with Crippen LogP contribution < -0.4 is 17.0 Å². The fourth-order valence-electron chi connectivity index (χ4n) is 1.05. The van der Waals surface area contributed by atoms with Crippen molar-refractivity contribution in [1.82, 2.24) is 9.13 Å². The van der Waals surface area contributed by atoms with Crippen molar-refractivity contribution in [3.63, 3.8) is 0 Å².